The van der Waals surface area contributed by atoms with Crippen molar-refractivity contribution < 1.29 is 4.74 Å². The summed E-state index contributed by atoms with van der Waals surface area (Å²) in [6.45, 7) is 5.54. The lowest BCUT2D eigenvalue weighted by Gasteiger charge is -2.37. The van der Waals surface area contributed by atoms with Crippen LogP contribution in [0.3, 0.4) is 0 Å². The molecule has 1 aromatic heterocycles. The van der Waals surface area contributed by atoms with Gasteiger partial charge in [0.1, 0.15) is 9.39 Å². The van der Waals surface area contributed by atoms with Gasteiger partial charge in [0.2, 0.25) is 0 Å². The Morgan fingerprint density at radius 2 is 2.38 bits per heavy atom. The molecule has 0 aliphatic carbocycles. The molecule has 1 aromatic rings. The molecule has 0 amide bonds. The van der Waals surface area contributed by atoms with Crippen LogP contribution in [0.1, 0.15) is 13.8 Å². The summed E-state index contributed by atoms with van der Waals surface area (Å²) >= 11 is 2.04. The Balaban J connectivity index is 2.35. The molecule has 2 heterocycles. The lowest BCUT2D eigenvalue weighted by molar-refractivity contribution is 0.0339. The van der Waals surface area contributed by atoms with Gasteiger partial charge in [-0.15, -0.1) is 0 Å². The highest BCUT2D eigenvalue weighted by atomic mass is 127. The van der Waals surface area contributed by atoms with Gasteiger partial charge in [-0.1, -0.05) is 0 Å². The van der Waals surface area contributed by atoms with E-state index in [4.69, 9.17) is 4.74 Å². The lowest BCUT2D eigenvalue weighted by Crippen LogP contribution is -2.48. The number of aromatic nitrogens is 2. The van der Waals surface area contributed by atoms with Crippen LogP contribution in [0.15, 0.2) is 11.1 Å². The van der Waals surface area contributed by atoms with E-state index in [2.05, 4.69) is 21.8 Å². The van der Waals surface area contributed by atoms with Crippen LogP contribution >= 0.6 is 22.6 Å². The normalized spacial score (nSPS) is 25.8. The molecule has 88 valence electrons. The van der Waals surface area contributed by atoms with E-state index in [-0.39, 0.29) is 17.7 Å². The summed E-state index contributed by atoms with van der Waals surface area (Å²) in [5.41, 5.74) is -0.0862. The molecule has 1 fully saturated rings. The second kappa shape index (κ2) is 4.70. The third kappa shape index (κ3) is 2.22. The number of halogens is 1. The number of hydrogen-bond acceptors (Lipinski definition) is 4. The Bertz CT molecular complexity index is 434. The number of nitrogens with zero attached hydrogens (tertiary/aromatic N) is 2. The zero-order chi connectivity index (χ0) is 11.7. The molecule has 0 radical (unpaired) electrons. The second-order valence-electron chi connectivity index (χ2n) is 4.01. The van der Waals surface area contributed by atoms with Crippen molar-refractivity contribution in [1.82, 2.24) is 9.97 Å². The van der Waals surface area contributed by atoms with Gasteiger partial charge in [0.05, 0.1) is 25.1 Å². The van der Waals surface area contributed by atoms with Gasteiger partial charge in [0.25, 0.3) is 5.56 Å². The van der Waals surface area contributed by atoms with Crippen molar-refractivity contribution in [2.45, 2.75) is 26.0 Å². The van der Waals surface area contributed by atoms with Crippen molar-refractivity contribution in [2.24, 2.45) is 0 Å². The minimum Gasteiger partial charge on any atom is -0.375 e. The predicted molar refractivity (Wildman–Crippen MR) is 69.8 cm³/mol. The molecular weight excluding hydrogens is 321 g/mol. The van der Waals surface area contributed by atoms with Crippen molar-refractivity contribution >= 4 is 28.4 Å². The first-order valence-corrected chi connectivity index (χ1v) is 6.29. The number of hydrogen-bond donors (Lipinski definition) is 1. The van der Waals surface area contributed by atoms with Gasteiger partial charge in [-0.2, -0.15) is 0 Å². The molecule has 6 heteroatoms. The van der Waals surface area contributed by atoms with Crippen molar-refractivity contribution in [3.05, 3.63) is 20.3 Å². The Labute approximate surface area is 107 Å². The van der Waals surface area contributed by atoms with Gasteiger partial charge in [-0.3, -0.25) is 4.79 Å². The van der Waals surface area contributed by atoms with Crippen molar-refractivity contribution in [2.75, 3.05) is 18.1 Å². The minimum atomic E-state index is -0.0862. The average molecular weight is 335 g/mol. The number of aromatic amines is 1. The van der Waals surface area contributed by atoms with Gasteiger partial charge in [0.15, 0.2) is 0 Å². The van der Waals surface area contributed by atoms with E-state index in [0.29, 0.717) is 10.2 Å². The van der Waals surface area contributed by atoms with Gasteiger partial charge in [-0.25, -0.2) is 4.98 Å². The van der Waals surface area contributed by atoms with E-state index in [1.807, 2.05) is 29.5 Å². The third-order valence-corrected chi connectivity index (χ3v) is 3.63. The van der Waals surface area contributed by atoms with Crippen LogP contribution in [0.25, 0.3) is 0 Å². The fraction of sp³-hybridized carbons (Fsp3) is 0.600. The third-order valence-electron chi connectivity index (χ3n) is 2.66. The monoisotopic (exact) mass is 335 g/mol. The summed E-state index contributed by atoms with van der Waals surface area (Å²) in [5.74, 6) is 0.756. The maximum Gasteiger partial charge on any atom is 0.266 e. The molecule has 0 aromatic carbocycles. The summed E-state index contributed by atoms with van der Waals surface area (Å²) in [6.07, 6.45) is 1.63. The highest BCUT2D eigenvalue weighted by Gasteiger charge is 2.26. The predicted octanol–water partition coefficient (Wildman–Crippen LogP) is 0.988. The summed E-state index contributed by atoms with van der Waals surface area (Å²) in [6, 6.07) is 0.249. The first-order chi connectivity index (χ1) is 7.59. The van der Waals surface area contributed by atoms with Crippen LogP contribution in [-0.4, -0.2) is 35.3 Å². The Morgan fingerprint density at radius 1 is 1.62 bits per heavy atom. The molecule has 2 atom stereocenters. The molecule has 1 saturated heterocycles. The highest BCUT2D eigenvalue weighted by molar-refractivity contribution is 14.1. The van der Waals surface area contributed by atoms with E-state index in [1.54, 1.807) is 0 Å². The van der Waals surface area contributed by atoms with Crippen LogP contribution in [0.2, 0.25) is 0 Å². The standard InChI is InChI=1S/C10H14IN3O2/c1-6-4-16-7(2)3-14(6)9-8(11)10(15)13-5-12-9/h5-7H,3-4H2,1-2H3,(H,12,13,15). The molecule has 0 spiro atoms. The lowest BCUT2D eigenvalue weighted by atomic mass is 10.2. The second-order valence-corrected chi connectivity index (χ2v) is 5.09. The number of morpholine rings is 1. The minimum absolute atomic E-state index is 0.0862. The first-order valence-electron chi connectivity index (χ1n) is 5.21. The number of nitrogens with one attached hydrogen (secondary N) is 1. The zero-order valence-electron chi connectivity index (χ0n) is 9.24. The SMILES string of the molecule is CC1CN(c2nc[nH]c(=O)c2I)C(C)CO1. The molecule has 1 aliphatic heterocycles. The van der Waals surface area contributed by atoms with E-state index < -0.39 is 0 Å². The van der Waals surface area contributed by atoms with E-state index in [1.165, 1.54) is 6.33 Å². The first kappa shape index (κ1) is 11.8. The van der Waals surface area contributed by atoms with Crippen LogP contribution in [0, 0.1) is 3.57 Å². The smallest absolute Gasteiger partial charge is 0.266 e. The molecular formula is C10H14IN3O2. The summed E-state index contributed by atoms with van der Waals surface area (Å²) < 4.78 is 6.19. The maximum absolute atomic E-state index is 11.5. The molecule has 5 nitrogen and oxygen atoms in total. The van der Waals surface area contributed by atoms with Gasteiger partial charge in [0, 0.05) is 6.54 Å². The highest BCUT2D eigenvalue weighted by Crippen LogP contribution is 2.21. The molecule has 0 saturated carbocycles. The molecule has 2 rings (SSSR count). The summed E-state index contributed by atoms with van der Waals surface area (Å²) in [7, 11) is 0. The largest absolute Gasteiger partial charge is 0.375 e. The molecule has 0 bridgehead atoms. The average Bonchev–Trinajstić information content (AvgIpc) is 2.26. The van der Waals surface area contributed by atoms with E-state index in [9.17, 15) is 4.79 Å². The maximum atomic E-state index is 11.5. The number of H-pyrrole nitrogens is 1. The quantitative estimate of drug-likeness (QED) is 0.778. The summed E-state index contributed by atoms with van der Waals surface area (Å²) in [5, 5.41) is 0. The van der Waals surface area contributed by atoms with Crippen molar-refractivity contribution in [3.63, 3.8) is 0 Å². The van der Waals surface area contributed by atoms with Crippen LogP contribution < -0.4 is 10.5 Å². The number of rotatable bonds is 1. The summed E-state index contributed by atoms with van der Waals surface area (Å²) in [4.78, 5) is 20.5. The Kier molecular flexibility index (Phi) is 3.48. The number of anilines is 1. The molecule has 1 N–H and O–H groups in total. The van der Waals surface area contributed by atoms with Crippen LogP contribution in [0.5, 0.6) is 0 Å². The van der Waals surface area contributed by atoms with E-state index in [0.717, 1.165) is 12.4 Å². The fourth-order valence-corrected chi connectivity index (χ4v) is 2.38. The van der Waals surface area contributed by atoms with Crippen LogP contribution in [-0.2, 0) is 4.74 Å². The fourth-order valence-electron chi connectivity index (χ4n) is 1.77. The van der Waals surface area contributed by atoms with Crippen LogP contribution in [0.4, 0.5) is 5.82 Å². The Morgan fingerprint density at radius 3 is 3.12 bits per heavy atom. The van der Waals surface area contributed by atoms with Gasteiger partial charge >= 0.3 is 0 Å². The molecule has 1 aliphatic rings. The van der Waals surface area contributed by atoms with E-state index >= 15 is 0 Å². The zero-order valence-corrected chi connectivity index (χ0v) is 11.4. The van der Waals surface area contributed by atoms with Gasteiger partial charge in [-0.05, 0) is 36.4 Å². The molecule has 2 unspecified atom stereocenters. The van der Waals surface area contributed by atoms with Crippen molar-refractivity contribution in [3.8, 4) is 0 Å². The van der Waals surface area contributed by atoms with Crippen molar-refractivity contribution in [1.29, 1.82) is 0 Å². The Hall–Kier alpha value is -0.630. The topological polar surface area (TPSA) is 58.2 Å². The molecule has 16 heavy (non-hydrogen) atoms. The number of ether oxygens (including phenoxy) is 1. The van der Waals surface area contributed by atoms with Gasteiger partial charge < -0.3 is 14.6 Å².